The fourth-order valence-electron chi connectivity index (χ4n) is 2.70. The third-order valence-corrected chi connectivity index (χ3v) is 3.75. The van der Waals surface area contributed by atoms with E-state index >= 15 is 0 Å². The number of carbonyl (C=O) groups is 2. The highest BCUT2D eigenvalue weighted by Gasteiger charge is 2.29. The molecule has 0 bridgehead atoms. The molecule has 2 unspecified atom stereocenters. The normalized spacial score (nSPS) is 22.9. The van der Waals surface area contributed by atoms with E-state index in [2.05, 4.69) is 24.5 Å². The molecule has 1 saturated carbocycles. The van der Waals surface area contributed by atoms with Gasteiger partial charge in [0.1, 0.15) is 6.04 Å². The van der Waals surface area contributed by atoms with E-state index in [0.717, 1.165) is 19.3 Å². The summed E-state index contributed by atoms with van der Waals surface area (Å²) in [6.07, 6.45) is 4.39. The molecule has 0 saturated heterocycles. The van der Waals surface area contributed by atoms with Crippen LogP contribution in [0.25, 0.3) is 0 Å². The van der Waals surface area contributed by atoms with Gasteiger partial charge in [0.05, 0.1) is 0 Å². The number of amides is 2. The number of urea groups is 1. The van der Waals surface area contributed by atoms with Crippen molar-refractivity contribution >= 4 is 12.0 Å². The van der Waals surface area contributed by atoms with Crippen molar-refractivity contribution in [3.63, 3.8) is 0 Å². The molecule has 0 aromatic heterocycles. The van der Waals surface area contributed by atoms with Gasteiger partial charge in [-0.3, -0.25) is 0 Å². The molecule has 6 nitrogen and oxygen atoms in total. The van der Waals surface area contributed by atoms with Gasteiger partial charge in [0.2, 0.25) is 0 Å². The van der Waals surface area contributed by atoms with Gasteiger partial charge < -0.3 is 20.5 Å². The van der Waals surface area contributed by atoms with Gasteiger partial charge in [0, 0.05) is 26.2 Å². The Hall–Kier alpha value is -1.30. The minimum absolute atomic E-state index is 0.121. The van der Waals surface area contributed by atoms with E-state index in [1.165, 1.54) is 13.5 Å². The Morgan fingerprint density at radius 3 is 2.70 bits per heavy atom. The van der Waals surface area contributed by atoms with Gasteiger partial charge in [0.25, 0.3) is 0 Å². The molecule has 6 heteroatoms. The number of ether oxygens (including phenoxy) is 1. The van der Waals surface area contributed by atoms with Crippen LogP contribution in [0, 0.1) is 5.41 Å². The van der Waals surface area contributed by atoms with Crippen LogP contribution in [0.5, 0.6) is 0 Å². The Morgan fingerprint density at radius 2 is 2.15 bits per heavy atom. The zero-order chi connectivity index (χ0) is 15.2. The number of carbonyl (C=O) groups excluding carboxylic acids is 1. The van der Waals surface area contributed by atoms with Crippen molar-refractivity contribution in [2.24, 2.45) is 5.41 Å². The van der Waals surface area contributed by atoms with Crippen LogP contribution in [0.1, 0.15) is 46.0 Å². The molecule has 1 fully saturated rings. The van der Waals surface area contributed by atoms with Gasteiger partial charge in [-0.1, -0.05) is 20.3 Å². The fraction of sp³-hybridized carbons (Fsp3) is 0.857. The second kappa shape index (κ2) is 7.47. The molecule has 2 atom stereocenters. The lowest BCUT2D eigenvalue weighted by atomic mass is 9.75. The highest BCUT2D eigenvalue weighted by Crippen LogP contribution is 2.34. The smallest absolute Gasteiger partial charge is 0.326 e. The van der Waals surface area contributed by atoms with Gasteiger partial charge in [-0.2, -0.15) is 0 Å². The summed E-state index contributed by atoms with van der Waals surface area (Å²) in [5.74, 6) is -1.04. The van der Waals surface area contributed by atoms with Crippen LogP contribution in [0.2, 0.25) is 0 Å². The third-order valence-electron chi connectivity index (χ3n) is 3.75. The minimum atomic E-state index is -1.04. The molecule has 0 spiro atoms. The third kappa shape index (κ3) is 5.77. The summed E-state index contributed by atoms with van der Waals surface area (Å²) in [5, 5.41) is 14.4. The van der Waals surface area contributed by atoms with Crippen molar-refractivity contribution in [2.45, 2.75) is 58.0 Å². The number of aliphatic carboxylic acids is 1. The maximum absolute atomic E-state index is 11.9. The van der Waals surface area contributed by atoms with Crippen LogP contribution in [0.3, 0.4) is 0 Å². The number of methoxy groups -OCH3 is 1. The second-order valence-corrected chi connectivity index (χ2v) is 6.25. The Morgan fingerprint density at radius 1 is 1.45 bits per heavy atom. The molecular formula is C14H26N2O4. The molecule has 1 aliphatic carbocycles. The highest BCUT2D eigenvalue weighted by atomic mass is 16.5. The minimum Gasteiger partial charge on any atom is -0.480 e. The van der Waals surface area contributed by atoms with E-state index in [0.29, 0.717) is 6.61 Å². The molecule has 0 aromatic rings. The summed E-state index contributed by atoms with van der Waals surface area (Å²) < 4.78 is 4.85. The molecule has 1 aliphatic rings. The predicted molar refractivity (Wildman–Crippen MR) is 75.6 cm³/mol. The van der Waals surface area contributed by atoms with Crippen LogP contribution in [-0.2, 0) is 9.53 Å². The van der Waals surface area contributed by atoms with E-state index in [4.69, 9.17) is 9.84 Å². The van der Waals surface area contributed by atoms with Crippen LogP contribution in [0.15, 0.2) is 0 Å². The van der Waals surface area contributed by atoms with Crippen molar-refractivity contribution in [2.75, 3.05) is 13.7 Å². The monoisotopic (exact) mass is 286 g/mol. The summed E-state index contributed by atoms with van der Waals surface area (Å²) in [6.45, 7) is 4.68. The molecule has 20 heavy (non-hydrogen) atoms. The van der Waals surface area contributed by atoms with Crippen molar-refractivity contribution in [1.29, 1.82) is 0 Å². The molecule has 2 amide bonds. The number of carboxylic acid groups (broad SMARTS) is 1. The number of carboxylic acids is 1. The van der Waals surface area contributed by atoms with Gasteiger partial charge in [-0.15, -0.1) is 0 Å². The lowest BCUT2D eigenvalue weighted by molar-refractivity contribution is -0.139. The van der Waals surface area contributed by atoms with Crippen molar-refractivity contribution < 1.29 is 19.4 Å². The second-order valence-electron chi connectivity index (χ2n) is 6.25. The molecule has 0 aliphatic heterocycles. The average Bonchev–Trinajstić information content (AvgIpc) is 2.32. The van der Waals surface area contributed by atoms with Crippen LogP contribution < -0.4 is 10.6 Å². The topological polar surface area (TPSA) is 87.7 Å². The first kappa shape index (κ1) is 16.8. The maximum atomic E-state index is 11.9. The molecule has 116 valence electrons. The lowest BCUT2D eigenvalue weighted by Crippen LogP contribution is -2.50. The molecule has 0 heterocycles. The van der Waals surface area contributed by atoms with E-state index in [-0.39, 0.29) is 17.9 Å². The summed E-state index contributed by atoms with van der Waals surface area (Å²) in [6, 6.07) is -1.20. The van der Waals surface area contributed by atoms with Crippen molar-refractivity contribution in [3.05, 3.63) is 0 Å². The summed E-state index contributed by atoms with van der Waals surface area (Å²) >= 11 is 0. The van der Waals surface area contributed by atoms with Gasteiger partial charge in [0.15, 0.2) is 0 Å². The van der Waals surface area contributed by atoms with E-state index < -0.39 is 18.0 Å². The van der Waals surface area contributed by atoms with Crippen molar-refractivity contribution in [3.8, 4) is 0 Å². The predicted octanol–water partition coefficient (Wildman–Crippen LogP) is 1.74. The number of nitrogens with one attached hydrogen (secondary N) is 2. The quantitative estimate of drug-likeness (QED) is 0.694. The first-order chi connectivity index (χ1) is 9.34. The van der Waals surface area contributed by atoms with Gasteiger partial charge in [-0.05, 0) is 24.7 Å². The molecule has 0 radical (unpaired) electrons. The Bertz CT molecular complexity index is 344. The van der Waals surface area contributed by atoms with Crippen LogP contribution >= 0.6 is 0 Å². The lowest BCUT2D eigenvalue weighted by Gasteiger charge is -2.35. The fourth-order valence-corrected chi connectivity index (χ4v) is 2.70. The molecule has 1 rings (SSSR count). The average molecular weight is 286 g/mol. The Kier molecular flexibility index (Phi) is 6.26. The SMILES string of the molecule is COCCC(NC(=O)NC1CCCC(C)(C)C1)C(=O)O. The standard InChI is InChI=1S/C14H26N2O4/c1-14(2)7-4-5-10(9-14)15-13(19)16-11(12(17)18)6-8-20-3/h10-11H,4-9H2,1-3H3,(H,17,18)(H2,15,16,19). The molecule has 0 aromatic carbocycles. The summed E-state index contributed by atoms with van der Waals surface area (Å²) in [5.41, 5.74) is 0.235. The largest absolute Gasteiger partial charge is 0.480 e. The van der Waals surface area contributed by atoms with Gasteiger partial charge >= 0.3 is 12.0 Å². The van der Waals surface area contributed by atoms with Crippen LogP contribution in [0.4, 0.5) is 4.79 Å². The zero-order valence-electron chi connectivity index (χ0n) is 12.6. The first-order valence-corrected chi connectivity index (χ1v) is 7.13. The number of hydrogen-bond donors (Lipinski definition) is 3. The van der Waals surface area contributed by atoms with Gasteiger partial charge in [-0.25, -0.2) is 9.59 Å². The van der Waals surface area contributed by atoms with E-state index in [1.807, 2.05) is 0 Å². The molecule has 3 N–H and O–H groups in total. The Balaban J connectivity index is 2.43. The number of rotatable bonds is 6. The zero-order valence-corrected chi connectivity index (χ0v) is 12.6. The van der Waals surface area contributed by atoms with E-state index in [9.17, 15) is 9.59 Å². The van der Waals surface area contributed by atoms with E-state index in [1.54, 1.807) is 0 Å². The highest BCUT2D eigenvalue weighted by molar-refractivity contribution is 5.82. The first-order valence-electron chi connectivity index (χ1n) is 7.13. The van der Waals surface area contributed by atoms with Crippen molar-refractivity contribution in [1.82, 2.24) is 10.6 Å². The Labute approximate surface area is 120 Å². The maximum Gasteiger partial charge on any atom is 0.326 e. The van der Waals surface area contributed by atoms with Crippen LogP contribution in [-0.4, -0.2) is 42.9 Å². The molecular weight excluding hydrogens is 260 g/mol. The number of hydrogen-bond acceptors (Lipinski definition) is 3. The summed E-state index contributed by atoms with van der Waals surface area (Å²) in [4.78, 5) is 22.9. The summed E-state index contributed by atoms with van der Waals surface area (Å²) in [7, 11) is 1.50.